The molecule has 0 saturated carbocycles. The number of fused-ring (bicyclic) bond motifs is 1. The summed E-state index contributed by atoms with van der Waals surface area (Å²) in [6.45, 7) is 8.20. The number of carbonyl (C=O) groups excluding carboxylic acids is 1. The van der Waals surface area contributed by atoms with E-state index in [2.05, 4.69) is 25.9 Å². The Labute approximate surface area is 264 Å². The summed E-state index contributed by atoms with van der Waals surface area (Å²) in [7, 11) is 0. The molecule has 6 rings (SSSR count). The largest absolute Gasteiger partial charge is 0.473 e. The van der Waals surface area contributed by atoms with Crippen LogP contribution in [0, 0.1) is 5.82 Å². The minimum atomic E-state index is -0.392. The zero-order chi connectivity index (χ0) is 30.6. The van der Waals surface area contributed by atoms with E-state index in [1.807, 2.05) is 30.6 Å². The Morgan fingerprint density at radius 2 is 1.93 bits per heavy atom. The normalized spacial score (nSPS) is 14.4. The Bertz CT molecular complexity index is 1760. The third-order valence-electron chi connectivity index (χ3n) is 7.95. The van der Waals surface area contributed by atoms with Crippen LogP contribution >= 0.6 is 22.9 Å². The van der Waals surface area contributed by atoms with Crippen molar-refractivity contribution >= 4 is 39.3 Å². The fourth-order valence-corrected chi connectivity index (χ4v) is 6.70. The van der Waals surface area contributed by atoms with Crippen molar-refractivity contribution in [1.82, 2.24) is 29.0 Å². The summed E-state index contributed by atoms with van der Waals surface area (Å²) in [6, 6.07) is 12.2. The first kappa shape index (κ1) is 30.2. The van der Waals surface area contributed by atoms with Gasteiger partial charge in [0.1, 0.15) is 33.8 Å². The summed E-state index contributed by atoms with van der Waals surface area (Å²) < 4.78 is 29.5. The molecule has 44 heavy (non-hydrogen) atoms. The number of carbonyl (C=O) groups is 1. The van der Waals surface area contributed by atoms with Crippen LogP contribution in [0.4, 0.5) is 4.39 Å². The predicted molar refractivity (Wildman–Crippen MR) is 168 cm³/mol. The molecule has 0 amide bonds. The Balaban J connectivity index is 1.13. The maximum absolute atomic E-state index is 14.2. The molecule has 0 unspecified atom stereocenters. The minimum absolute atomic E-state index is 0.0851. The van der Waals surface area contributed by atoms with Crippen molar-refractivity contribution in [3.8, 4) is 5.88 Å². The lowest BCUT2D eigenvalue weighted by molar-refractivity contribution is 0.0532. The predicted octanol–water partition coefficient (Wildman–Crippen LogP) is 6.69. The van der Waals surface area contributed by atoms with E-state index in [1.54, 1.807) is 25.1 Å². The molecule has 1 aromatic carbocycles. The van der Waals surface area contributed by atoms with Gasteiger partial charge in [0.2, 0.25) is 5.88 Å². The quantitative estimate of drug-likeness (QED) is 0.149. The van der Waals surface area contributed by atoms with E-state index in [4.69, 9.17) is 31.0 Å². The summed E-state index contributed by atoms with van der Waals surface area (Å²) >= 11 is 7.23. The number of aryl methyl sites for hydroxylation is 1. The number of hydrogen-bond acceptors (Lipinski definition) is 8. The SMILES string of the molecule is CCOC(=O)c1cc2c(nc(CN3CCC(c4cccc(OCc5ccc(Cl)cc5F)n4)CC3)n2Cc2nccn2CC)s1. The lowest BCUT2D eigenvalue weighted by Crippen LogP contribution is -2.33. The van der Waals surface area contributed by atoms with Crippen LogP contribution in [-0.2, 0) is 31.0 Å². The molecule has 1 aliphatic heterocycles. The summed E-state index contributed by atoms with van der Waals surface area (Å²) in [5.41, 5.74) is 2.34. The second-order valence-electron chi connectivity index (χ2n) is 10.7. The van der Waals surface area contributed by atoms with Crippen molar-refractivity contribution < 1.29 is 18.7 Å². The summed E-state index contributed by atoms with van der Waals surface area (Å²) in [4.78, 5) is 30.5. The standard InChI is InChI=1S/C32H34ClFN6O3S/c1-3-39-15-12-35-28(39)19-40-26-17-27(32(41)42-4-2)44-31(26)37-29(40)18-38-13-10-21(11-14-38)25-6-5-7-30(36-25)43-20-22-8-9-23(33)16-24(22)34/h5-9,12,15-17,21H,3-4,10-11,13-14,18-20H2,1-2H3. The Kier molecular flexibility index (Phi) is 9.25. The molecule has 0 bridgehead atoms. The van der Waals surface area contributed by atoms with Gasteiger partial charge in [-0.25, -0.2) is 24.1 Å². The number of hydrogen-bond donors (Lipinski definition) is 0. The van der Waals surface area contributed by atoms with Gasteiger partial charge in [0.25, 0.3) is 0 Å². The van der Waals surface area contributed by atoms with E-state index in [0.29, 0.717) is 47.0 Å². The third kappa shape index (κ3) is 6.64. The zero-order valence-electron chi connectivity index (χ0n) is 24.7. The van der Waals surface area contributed by atoms with Crippen LogP contribution < -0.4 is 4.74 Å². The molecule has 0 spiro atoms. The highest BCUT2D eigenvalue weighted by Gasteiger charge is 2.25. The van der Waals surface area contributed by atoms with Crippen LogP contribution in [0.2, 0.25) is 5.02 Å². The topological polar surface area (TPSA) is 87.3 Å². The monoisotopic (exact) mass is 636 g/mol. The maximum Gasteiger partial charge on any atom is 0.348 e. The third-order valence-corrected chi connectivity index (χ3v) is 9.19. The smallest absolute Gasteiger partial charge is 0.348 e. The molecule has 0 radical (unpaired) electrons. The Morgan fingerprint density at radius 1 is 1.09 bits per heavy atom. The van der Waals surface area contributed by atoms with E-state index in [-0.39, 0.29) is 12.6 Å². The molecule has 1 aliphatic rings. The van der Waals surface area contributed by atoms with E-state index in [9.17, 15) is 9.18 Å². The van der Waals surface area contributed by atoms with Crippen LogP contribution in [-0.4, -0.2) is 54.7 Å². The number of piperidine rings is 1. The molecule has 0 aliphatic carbocycles. The molecule has 5 aromatic rings. The van der Waals surface area contributed by atoms with Crippen molar-refractivity contribution in [3.63, 3.8) is 0 Å². The van der Waals surface area contributed by atoms with Crippen LogP contribution in [0.5, 0.6) is 5.88 Å². The van der Waals surface area contributed by atoms with E-state index in [1.165, 1.54) is 17.4 Å². The maximum atomic E-state index is 14.2. The number of ether oxygens (including phenoxy) is 2. The number of halogens is 2. The van der Waals surface area contributed by atoms with Gasteiger partial charge in [-0.1, -0.05) is 23.7 Å². The van der Waals surface area contributed by atoms with Gasteiger partial charge >= 0.3 is 5.97 Å². The average molecular weight is 637 g/mol. The summed E-state index contributed by atoms with van der Waals surface area (Å²) in [5, 5.41) is 0.355. The molecule has 230 valence electrons. The van der Waals surface area contributed by atoms with Crippen LogP contribution in [0.25, 0.3) is 10.3 Å². The first-order chi connectivity index (χ1) is 21.4. The van der Waals surface area contributed by atoms with Gasteiger partial charge in [0, 0.05) is 47.2 Å². The number of aromatic nitrogens is 5. The number of nitrogens with zero attached hydrogens (tertiary/aromatic N) is 6. The van der Waals surface area contributed by atoms with Crippen molar-refractivity contribution in [2.24, 2.45) is 0 Å². The number of pyridine rings is 1. The van der Waals surface area contributed by atoms with E-state index in [0.717, 1.165) is 60.2 Å². The highest BCUT2D eigenvalue weighted by molar-refractivity contribution is 7.20. The number of likely N-dealkylation sites (tertiary alicyclic amines) is 1. The molecule has 9 nitrogen and oxygen atoms in total. The number of benzene rings is 1. The molecule has 4 aromatic heterocycles. The summed E-state index contributed by atoms with van der Waals surface area (Å²) in [6.07, 6.45) is 5.70. The van der Waals surface area contributed by atoms with Crippen LogP contribution in [0.3, 0.4) is 0 Å². The molecular weight excluding hydrogens is 603 g/mol. The highest BCUT2D eigenvalue weighted by atomic mass is 35.5. The second kappa shape index (κ2) is 13.5. The Hall–Kier alpha value is -3.80. The molecule has 1 fully saturated rings. The molecule has 0 atom stereocenters. The number of esters is 1. The molecule has 12 heteroatoms. The van der Waals surface area contributed by atoms with Gasteiger partial charge < -0.3 is 18.6 Å². The van der Waals surface area contributed by atoms with Crippen molar-refractivity contribution in [2.45, 2.75) is 58.8 Å². The number of imidazole rings is 2. The minimum Gasteiger partial charge on any atom is -0.473 e. The summed E-state index contributed by atoms with van der Waals surface area (Å²) in [5.74, 6) is 1.97. The second-order valence-corrected chi connectivity index (χ2v) is 12.2. The van der Waals surface area contributed by atoms with Gasteiger partial charge in [-0.3, -0.25) is 4.90 Å². The number of thiophene rings is 1. The van der Waals surface area contributed by atoms with Crippen LogP contribution in [0.1, 0.15) is 65.2 Å². The number of rotatable bonds is 11. The fourth-order valence-electron chi connectivity index (χ4n) is 5.60. The van der Waals surface area contributed by atoms with Crippen molar-refractivity contribution in [3.05, 3.63) is 93.5 Å². The van der Waals surface area contributed by atoms with Crippen molar-refractivity contribution in [1.29, 1.82) is 0 Å². The zero-order valence-corrected chi connectivity index (χ0v) is 26.3. The average Bonchev–Trinajstić information content (AvgIpc) is 3.73. The molecule has 5 heterocycles. The molecular formula is C32H34ClFN6O3S. The first-order valence-electron chi connectivity index (χ1n) is 14.8. The molecule has 1 saturated heterocycles. The lowest BCUT2D eigenvalue weighted by atomic mass is 9.93. The molecule has 0 N–H and O–H groups in total. The van der Waals surface area contributed by atoms with Gasteiger partial charge in [-0.05, 0) is 64.0 Å². The van der Waals surface area contributed by atoms with Gasteiger partial charge in [0.05, 0.1) is 25.2 Å². The van der Waals surface area contributed by atoms with Gasteiger partial charge in [0.15, 0.2) is 0 Å². The fraction of sp³-hybridized carbons (Fsp3) is 0.375. The van der Waals surface area contributed by atoms with Gasteiger partial charge in [-0.2, -0.15) is 0 Å². The van der Waals surface area contributed by atoms with E-state index < -0.39 is 5.82 Å². The lowest BCUT2D eigenvalue weighted by Gasteiger charge is -2.31. The van der Waals surface area contributed by atoms with E-state index >= 15 is 0 Å². The first-order valence-corrected chi connectivity index (χ1v) is 16.0. The van der Waals surface area contributed by atoms with Gasteiger partial charge in [-0.15, -0.1) is 11.3 Å². The highest BCUT2D eigenvalue weighted by Crippen LogP contribution is 2.31. The Morgan fingerprint density at radius 3 is 2.70 bits per heavy atom. The van der Waals surface area contributed by atoms with Crippen molar-refractivity contribution in [2.75, 3.05) is 19.7 Å². The van der Waals surface area contributed by atoms with Crippen LogP contribution in [0.15, 0.2) is 54.9 Å².